The molecule has 1 aromatic rings. The minimum absolute atomic E-state index is 0.00909. The first kappa shape index (κ1) is 11.2. The maximum absolute atomic E-state index is 11.5. The summed E-state index contributed by atoms with van der Waals surface area (Å²) in [6, 6.07) is 7.66. The van der Waals surface area contributed by atoms with E-state index in [-0.39, 0.29) is 18.0 Å². The summed E-state index contributed by atoms with van der Waals surface area (Å²) in [5, 5.41) is 11.1. The molecular weight excluding hydrogens is 192 g/mol. The molecule has 0 aliphatic rings. The molecule has 0 radical (unpaired) electrons. The highest BCUT2D eigenvalue weighted by Crippen LogP contribution is 2.08. The summed E-state index contributed by atoms with van der Waals surface area (Å²) >= 11 is 0. The molecule has 0 bridgehead atoms. The highest BCUT2D eigenvalue weighted by Gasteiger charge is 2.07. The van der Waals surface area contributed by atoms with Gasteiger partial charge >= 0.3 is 0 Å². The molecule has 3 N–H and O–H groups in total. The number of aryl methyl sites for hydroxylation is 1. The molecule has 0 atom stereocenters. The standard InChI is InChI=1S/C11H14N2O2/c1-8-4-2-3-5-9(8)6-10(14)7-11(12)13-15/h2-5,15H,6-7H2,1H3,(H2,12,13). The van der Waals surface area contributed by atoms with Gasteiger partial charge in [0.1, 0.15) is 11.6 Å². The zero-order chi connectivity index (χ0) is 11.3. The second-order valence-electron chi connectivity index (χ2n) is 3.41. The van der Waals surface area contributed by atoms with E-state index >= 15 is 0 Å². The largest absolute Gasteiger partial charge is 0.409 e. The lowest BCUT2D eigenvalue weighted by Gasteiger charge is -2.03. The van der Waals surface area contributed by atoms with E-state index in [1.54, 1.807) is 0 Å². The van der Waals surface area contributed by atoms with Crippen LogP contribution < -0.4 is 5.73 Å². The summed E-state index contributed by atoms with van der Waals surface area (Å²) in [5.41, 5.74) is 7.30. The van der Waals surface area contributed by atoms with Crippen LogP contribution in [0, 0.1) is 6.92 Å². The molecule has 4 nitrogen and oxygen atoms in total. The second kappa shape index (κ2) is 5.14. The summed E-state index contributed by atoms with van der Waals surface area (Å²) in [6.07, 6.45) is 0.313. The molecule has 0 fully saturated rings. The monoisotopic (exact) mass is 206 g/mol. The summed E-state index contributed by atoms with van der Waals surface area (Å²) < 4.78 is 0. The number of hydrogen-bond acceptors (Lipinski definition) is 3. The van der Waals surface area contributed by atoms with Crippen molar-refractivity contribution < 1.29 is 10.0 Å². The number of amidine groups is 1. The molecule has 0 aliphatic heterocycles. The molecule has 0 aliphatic carbocycles. The van der Waals surface area contributed by atoms with Gasteiger partial charge < -0.3 is 10.9 Å². The predicted molar refractivity (Wildman–Crippen MR) is 57.9 cm³/mol. The lowest BCUT2D eigenvalue weighted by molar-refractivity contribution is -0.117. The van der Waals surface area contributed by atoms with Crippen molar-refractivity contribution in [3.8, 4) is 0 Å². The van der Waals surface area contributed by atoms with E-state index < -0.39 is 0 Å². The SMILES string of the molecule is Cc1ccccc1CC(=O)C/C(N)=N/O. The predicted octanol–water partition coefficient (Wildman–Crippen LogP) is 1.24. The molecule has 1 aromatic carbocycles. The number of oxime groups is 1. The smallest absolute Gasteiger partial charge is 0.146 e. The van der Waals surface area contributed by atoms with E-state index in [0.29, 0.717) is 6.42 Å². The van der Waals surface area contributed by atoms with Crippen LogP contribution in [0.5, 0.6) is 0 Å². The fourth-order valence-corrected chi connectivity index (χ4v) is 1.32. The second-order valence-corrected chi connectivity index (χ2v) is 3.41. The van der Waals surface area contributed by atoms with Gasteiger partial charge in [-0.25, -0.2) is 0 Å². The topological polar surface area (TPSA) is 75.7 Å². The Labute approximate surface area is 88.4 Å². The molecule has 0 saturated heterocycles. The minimum atomic E-state index is -0.0559. The molecule has 15 heavy (non-hydrogen) atoms. The van der Waals surface area contributed by atoms with Crippen LogP contribution >= 0.6 is 0 Å². The van der Waals surface area contributed by atoms with Gasteiger partial charge in [-0.05, 0) is 18.1 Å². The molecule has 0 spiro atoms. The highest BCUT2D eigenvalue weighted by atomic mass is 16.4. The van der Waals surface area contributed by atoms with Crippen LogP contribution in [-0.2, 0) is 11.2 Å². The van der Waals surface area contributed by atoms with Crippen molar-refractivity contribution in [2.75, 3.05) is 0 Å². The summed E-state index contributed by atoms with van der Waals surface area (Å²) in [6.45, 7) is 1.95. The third kappa shape index (κ3) is 3.42. The van der Waals surface area contributed by atoms with Crippen LogP contribution in [0.15, 0.2) is 29.4 Å². The number of hydrogen-bond donors (Lipinski definition) is 2. The zero-order valence-corrected chi connectivity index (χ0v) is 8.60. The Morgan fingerprint density at radius 2 is 2.13 bits per heavy atom. The Morgan fingerprint density at radius 3 is 2.73 bits per heavy atom. The first-order valence-corrected chi connectivity index (χ1v) is 4.66. The van der Waals surface area contributed by atoms with Gasteiger partial charge in [-0.1, -0.05) is 29.4 Å². The molecule has 0 heterocycles. The number of Topliss-reactive ketones (excluding diaryl/α,β-unsaturated/α-hetero) is 1. The normalized spacial score (nSPS) is 11.4. The molecule has 0 aromatic heterocycles. The molecule has 0 unspecified atom stereocenters. The number of ketones is 1. The Balaban J connectivity index is 2.63. The maximum Gasteiger partial charge on any atom is 0.146 e. The third-order valence-corrected chi connectivity index (χ3v) is 2.16. The van der Waals surface area contributed by atoms with Crippen LogP contribution in [0.2, 0.25) is 0 Å². The lowest BCUT2D eigenvalue weighted by atomic mass is 10.0. The van der Waals surface area contributed by atoms with Crippen LogP contribution in [0.4, 0.5) is 0 Å². The average molecular weight is 206 g/mol. The quantitative estimate of drug-likeness (QED) is 0.337. The molecular formula is C11H14N2O2. The van der Waals surface area contributed by atoms with Crippen LogP contribution in [0.3, 0.4) is 0 Å². The summed E-state index contributed by atoms with van der Waals surface area (Å²) in [5.74, 6) is -0.104. The van der Waals surface area contributed by atoms with Crippen molar-refractivity contribution in [3.63, 3.8) is 0 Å². The number of benzene rings is 1. The first-order chi connectivity index (χ1) is 7.13. The van der Waals surface area contributed by atoms with Crippen molar-refractivity contribution in [3.05, 3.63) is 35.4 Å². The van der Waals surface area contributed by atoms with Crippen molar-refractivity contribution in [1.82, 2.24) is 0 Å². The van der Waals surface area contributed by atoms with E-state index in [9.17, 15) is 4.79 Å². The third-order valence-electron chi connectivity index (χ3n) is 2.16. The van der Waals surface area contributed by atoms with Gasteiger partial charge in [0.15, 0.2) is 0 Å². The number of carbonyl (C=O) groups is 1. The zero-order valence-electron chi connectivity index (χ0n) is 8.60. The van der Waals surface area contributed by atoms with Gasteiger partial charge in [-0.3, -0.25) is 4.79 Å². The first-order valence-electron chi connectivity index (χ1n) is 4.66. The lowest BCUT2D eigenvalue weighted by Crippen LogP contribution is -2.18. The van der Waals surface area contributed by atoms with Gasteiger partial charge in [0.25, 0.3) is 0 Å². The minimum Gasteiger partial charge on any atom is -0.409 e. The van der Waals surface area contributed by atoms with Crippen LogP contribution in [0.25, 0.3) is 0 Å². The van der Waals surface area contributed by atoms with Gasteiger partial charge in [0, 0.05) is 6.42 Å². The molecule has 4 heteroatoms. The summed E-state index contributed by atoms with van der Waals surface area (Å²) in [4.78, 5) is 11.5. The van der Waals surface area contributed by atoms with E-state index in [2.05, 4.69) is 5.16 Å². The molecule has 0 saturated carbocycles. The Kier molecular flexibility index (Phi) is 3.85. The Morgan fingerprint density at radius 1 is 1.47 bits per heavy atom. The fourth-order valence-electron chi connectivity index (χ4n) is 1.32. The number of carbonyl (C=O) groups excluding carboxylic acids is 1. The molecule has 0 amide bonds. The molecule has 80 valence electrons. The van der Waals surface area contributed by atoms with E-state index in [0.717, 1.165) is 11.1 Å². The van der Waals surface area contributed by atoms with E-state index in [1.165, 1.54) is 0 Å². The van der Waals surface area contributed by atoms with Crippen molar-refractivity contribution >= 4 is 11.6 Å². The molecule has 1 rings (SSSR count). The van der Waals surface area contributed by atoms with Gasteiger partial charge in [-0.15, -0.1) is 0 Å². The van der Waals surface area contributed by atoms with Crippen molar-refractivity contribution in [2.24, 2.45) is 10.9 Å². The fraction of sp³-hybridized carbons (Fsp3) is 0.273. The van der Waals surface area contributed by atoms with Crippen LogP contribution in [-0.4, -0.2) is 16.8 Å². The Hall–Kier alpha value is -1.84. The Bertz CT molecular complexity index is 386. The van der Waals surface area contributed by atoms with Crippen LogP contribution in [0.1, 0.15) is 17.5 Å². The van der Waals surface area contributed by atoms with Gasteiger partial charge in [-0.2, -0.15) is 0 Å². The van der Waals surface area contributed by atoms with E-state index in [4.69, 9.17) is 10.9 Å². The van der Waals surface area contributed by atoms with Crippen molar-refractivity contribution in [2.45, 2.75) is 19.8 Å². The average Bonchev–Trinajstić information content (AvgIpc) is 2.21. The van der Waals surface area contributed by atoms with Gasteiger partial charge in [0.05, 0.1) is 6.42 Å². The van der Waals surface area contributed by atoms with Gasteiger partial charge in [0.2, 0.25) is 0 Å². The summed E-state index contributed by atoms with van der Waals surface area (Å²) in [7, 11) is 0. The number of nitrogens with two attached hydrogens (primary N) is 1. The highest BCUT2D eigenvalue weighted by molar-refractivity contribution is 6.00. The van der Waals surface area contributed by atoms with E-state index in [1.807, 2.05) is 31.2 Å². The maximum atomic E-state index is 11.5. The number of nitrogens with zero attached hydrogens (tertiary/aromatic N) is 1. The number of rotatable bonds is 4. The van der Waals surface area contributed by atoms with Crippen molar-refractivity contribution in [1.29, 1.82) is 0 Å².